The molecule has 0 bridgehead atoms. The molecule has 0 radical (unpaired) electrons. The second-order valence-electron chi connectivity index (χ2n) is 7.63. The molecule has 2 N–H and O–H groups in total. The van der Waals surface area contributed by atoms with Crippen molar-refractivity contribution in [3.8, 4) is 11.1 Å². The zero-order valence-electron chi connectivity index (χ0n) is 18.6. The van der Waals surface area contributed by atoms with Crippen molar-refractivity contribution < 1.29 is 49.8 Å². The van der Waals surface area contributed by atoms with Crippen molar-refractivity contribution in [3.63, 3.8) is 0 Å². The molecule has 7 heteroatoms. The predicted molar refractivity (Wildman–Crippen MR) is 125 cm³/mol. The van der Waals surface area contributed by atoms with Gasteiger partial charge in [0.2, 0.25) is 0 Å². The van der Waals surface area contributed by atoms with Crippen molar-refractivity contribution >= 4 is 18.0 Å². The van der Waals surface area contributed by atoms with Crippen LogP contribution in [0.15, 0.2) is 104 Å². The minimum absolute atomic E-state index is 0.469. The monoisotopic (exact) mass is 547 g/mol. The van der Waals surface area contributed by atoms with E-state index in [0.29, 0.717) is 8.27 Å². The maximum atomic E-state index is 9.24. The van der Waals surface area contributed by atoms with Crippen LogP contribution in [0.5, 0.6) is 0 Å². The molecule has 0 amide bonds. The molecule has 0 heterocycles. The third-order valence-corrected chi connectivity index (χ3v) is 9.35. The molecule has 0 aromatic heterocycles. The van der Waals surface area contributed by atoms with Gasteiger partial charge in [-0.1, -0.05) is 13.2 Å². The van der Waals surface area contributed by atoms with Crippen LogP contribution < -0.4 is 10.2 Å². The Hall–Kier alpha value is -3.84. The normalized spacial score (nSPS) is 14.0. The Morgan fingerprint density at radius 3 is 1.57 bits per heavy atom. The number of hydrogen-bond donors (Lipinski definition) is 2. The van der Waals surface area contributed by atoms with E-state index in [9.17, 15) is 19.8 Å². The molecule has 1 atom stereocenters. The average Bonchev–Trinajstić information content (AvgIpc) is 3.40. The van der Waals surface area contributed by atoms with Crippen LogP contribution >= 0.6 is 0 Å². The molecule has 0 aliphatic heterocycles. The van der Waals surface area contributed by atoms with E-state index in [1.165, 1.54) is 16.7 Å². The average molecular weight is 547 g/mol. The summed E-state index contributed by atoms with van der Waals surface area (Å²) in [4.78, 5) is 18.5. The van der Waals surface area contributed by atoms with Crippen molar-refractivity contribution in [1.82, 2.24) is 0 Å². The number of carboxylic acids is 2. The summed E-state index contributed by atoms with van der Waals surface area (Å²) in [5.41, 5.74) is 9.00. The number of benzene rings is 3. The third kappa shape index (κ3) is 6.19. The summed E-state index contributed by atoms with van der Waals surface area (Å²) in [7, 11) is 0. The molecule has 0 fully saturated rings. The van der Waals surface area contributed by atoms with E-state index in [1.54, 1.807) is 16.7 Å². The molecule has 1 unspecified atom stereocenters. The number of aliphatic hydroxyl groups is 2. The van der Waals surface area contributed by atoms with E-state index in [2.05, 4.69) is 98.1 Å². The van der Waals surface area contributed by atoms with E-state index >= 15 is 0 Å². The van der Waals surface area contributed by atoms with Gasteiger partial charge < -0.3 is 30.0 Å². The van der Waals surface area contributed by atoms with Crippen LogP contribution in [0.1, 0.15) is 30.5 Å². The molecule has 2 aliphatic carbocycles. The van der Waals surface area contributed by atoms with Crippen LogP contribution in [0.25, 0.3) is 17.2 Å². The maximum Gasteiger partial charge on any atom is 0.131 e. The van der Waals surface area contributed by atoms with Crippen LogP contribution in [0.4, 0.5) is 0 Å². The zero-order valence-corrected chi connectivity index (χ0v) is 20.8. The summed E-state index contributed by atoms with van der Waals surface area (Å²) >= 11 is -0.469. The van der Waals surface area contributed by atoms with Gasteiger partial charge in [-0.3, -0.25) is 0 Å². The van der Waals surface area contributed by atoms with Crippen molar-refractivity contribution in [3.05, 3.63) is 126 Å². The van der Waals surface area contributed by atoms with E-state index in [-0.39, 0.29) is 0 Å². The van der Waals surface area contributed by atoms with Gasteiger partial charge in [-0.05, 0) is 0 Å². The summed E-state index contributed by atoms with van der Waals surface area (Å²) in [6, 6.07) is 26.9. The van der Waals surface area contributed by atoms with E-state index < -0.39 is 43.2 Å². The Morgan fingerprint density at radius 2 is 1.11 bits per heavy atom. The number of aliphatic carboxylic acids is 2. The van der Waals surface area contributed by atoms with E-state index in [1.807, 2.05) is 0 Å². The second-order valence-corrected chi connectivity index (χ2v) is 11.0. The summed E-state index contributed by atoms with van der Waals surface area (Å²) in [6.45, 7) is 5.30. The summed E-state index contributed by atoms with van der Waals surface area (Å²) < 4.78 is 1.33. The summed E-state index contributed by atoms with van der Waals surface area (Å²) in [5.74, 6) is -5.13. The largest absolute Gasteiger partial charge is 0.542 e. The first-order chi connectivity index (χ1) is 16.7. The van der Waals surface area contributed by atoms with Crippen LogP contribution in [0.2, 0.25) is 0 Å². The van der Waals surface area contributed by atoms with Gasteiger partial charge in [-0.2, -0.15) is 0 Å². The molecule has 0 saturated heterocycles. The van der Waals surface area contributed by atoms with Crippen LogP contribution in [-0.2, 0) is 29.3 Å². The first-order valence-corrected chi connectivity index (χ1v) is 13.1. The van der Waals surface area contributed by atoms with Crippen molar-refractivity contribution in [2.45, 2.75) is 8.27 Å². The third-order valence-electron chi connectivity index (χ3n) is 5.35. The molecule has 175 valence electrons. The smallest absolute Gasteiger partial charge is 0.131 e. The Balaban J connectivity index is 0.000000240. The predicted octanol–water partition coefficient (Wildman–Crippen LogP) is 3.22. The number of carbonyl (C=O) groups excluding carboxylic acids is 2. The van der Waals surface area contributed by atoms with Gasteiger partial charge in [0.1, 0.15) is 23.5 Å². The number of carbonyl (C=O) groups is 2. The standard InChI is InChI=1S/C13H9.C9H7.2C3H4O3.Nb/c1-3-7-12-10(5-1)9-11-6-2-4-8-13(11)12;1-2-5-9-7-3-6-8(9)4-1;2*1-2(4)3(5)6;/h1-9H;1-7H;2*4H,1H2,(H,5,6);/q;;;;+2/p-2. The number of allylic oxidation sites excluding steroid dienone is 1. The fourth-order valence-corrected chi connectivity index (χ4v) is 7.93. The molecule has 2 aliphatic rings. The SMILES string of the molecule is C1=C[CH]([Nb+2][CH]2c3ccccc3-c3ccccc32)c2ccccc21.C=C(O)C(=O)[O-].C=C(O)C(=O)[O-]. The number of fused-ring (bicyclic) bond motifs is 4. The topological polar surface area (TPSA) is 121 Å². The summed E-state index contributed by atoms with van der Waals surface area (Å²) in [5, 5.41) is 34.0. The van der Waals surface area contributed by atoms with Gasteiger partial charge in [0.05, 0.1) is 0 Å². The summed E-state index contributed by atoms with van der Waals surface area (Å²) in [6.07, 6.45) is 4.77. The quantitative estimate of drug-likeness (QED) is 0.294. The number of rotatable bonds is 4. The van der Waals surface area contributed by atoms with E-state index in [0.717, 1.165) is 0 Å². The maximum absolute atomic E-state index is 9.24. The number of aliphatic hydroxyl groups excluding tert-OH is 2. The second kappa shape index (κ2) is 11.5. The Labute approximate surface area is 212 Å². The van der Waals surface area contributed by atoms with Gasteiger partial charge in [-0.15, -0.1) is 0 Å². The molecular weight excluding hydrogens is 525 g/mol. The minimum Gasteiger partial charge on any atom is -0.542 e. The van der Waals surface area contributed by atoms with Crippen molar-refractivity contribution in [2.75, 3.05) is 0 Å². The molecule has 3 aromatic carbocycles. The minimum atomic E-state index is -1.63. The Kier molecular flexibility index (Phi) is 8.49. The number of hydrogen-bond acceptors (Lipinski definition) is 6. The molecule has 0 saturated carbocycles. The molecule has 5 rings (SSSR count). The van der Waals surface area contributed by atoms with Crippen LogP contribution in [0, 0.1) is 0 Å². The fourth-order valence-electron chi connectivity index (χ4n) is 3.81. The first-order valence-electron chi connectivity index (χ1n) is 10.5. The molecule has 3 aromatic rings. The molecule has 35 heavy (non-hydrogen) atoms. The van der Waals surface area contributed by atoms with Crippen molar-refractivity contribution in [1.29, 1.82) is 0 Å². The zero-order chi connectivity index (χ0) is 25.5. The van der Waals surface area contributed by atoms with Crippen LogP contribution in [-0.4, -0.2) is 22.2 Å². The van der Waals surface area contributed by atoms with Gasteiger partial charge in [0.25, 0.3) is 0 Å². The molecule has 6 nitrogen and oxygen atoms in total. The van der Waals surface area contributed by atoms with Gasteiger partial charge >= 0.3 is 146 Å². The van der Waals surface area contributed by atoms with Gasteiger partial charge in [0, 0.05) is 0 Å². The Morgan fingerprint density at radius 1 is 0.714 bits per heavy atom. The first kappa shape index (κ1) is 25.8. The van der Waals surface area contributed by atoms with Crippen LogP contribution in [0.3, 0.4) is 0 Å². The fraction of sp³-hybridized carbons (Fsp3) is 0.0714. The van der Waals surface area contributed by atoms with Gasteiger partial charge in [-0.25, -0.2) is 0 Å². The number of carboxylic acid groups (broad SMARTS) is 2. The molecule has 0 spiro atoms. The van der Waals surface area contributed by atoms with Gasteiger partial charge in [0.15, 0.2) is 0 Å². The molecular formula is C28H22NbO6. The van der Waals surface area contributed by atoms with E-state index in [4.69, 9.17) is 10.2 Å². The van der Waals surface area contributed by atoms with Crippen molar-refractivity contribution in [2.24, 2.45) is 0 Å². The Bertz CT molecular complexity index is 1220.